The van der Waals surface area contributed by atoms with Crippen LogP contribution >= 0.6 is 15.9 Å². The third-order valence-corrected chi connectivity index (χ3v) is 2.49. The van der Waals surface area contributed by atoms with Gasteiger partial charge in [0.1, 0.15) is 0 Å². The normalized spacial score (nSPS) is 10.1. The third kappa shape index (κ3) is 5.17. The zero-order valence-electron chi connectivity index (χ0n) is 9.54. The molecule has 0 aliphatic rings. The van der Waals surface area contributed by atoms with Crippen molar-refractivity contribution in [2.24, 2.45) is 0 Å². The van der Waals surface area contributed by atoms with E-state index in [9.17, 15) is 9.18 Å². The smallest absolute Gasteiger partial charge is 0.344 e. The van der Waals surface area contributed by atoms with Crippen LogP contribution in [0.25, 0.3) is 0 Å². The van der Waals surface area contributed by atoms with E-state index in [-0.39, 0.29) is 12.4 Å². The lowest BCUT2D eigenvalue weighted by Crippen LogP contribution is -2.15. The first-order valence-electron chi connectivity index (χ1n) is 5.37. The van der Waals surface area contributed by atoms with Crippen molar-refractivity contribution in [1.82, 2.24) is 0 Å². The number of rotatable bonds is 6. The summed E-state index contributed by atoms with van der Waals surface area (Å²) < 4.78 is 23.8. The maximum Gasteiger partial charge on any atom is 0.344 e. The average Bonchev–Trinajstić information content (AvgIpc) is 2.28. The van der Waals surface area contributed by atoms with Crippen LogP contribution in [0.1, 0.15) is 19.8 Å². The number of esters is 1. The molecule has 0 aliphatic heterocycles. The average molecular weight is 305 g/mol. The fourth-order valence-electron chi connectivity index (χ4n) is 1.10. The number of carbonyl (C=O) groups excluding carboxylic acids is 1. The summed E-state index contributed by atoms with van der Waals surface area (Å²) in [5, 5.41) is 0. The molecule has 0 N–H and O–H groups in total. The number of hydrogen-bond donors (Lipinski definition) is 0. The Morgan fingerprint density at radius 3 is 2.88 bits per heavy atom. The lowest BCUT2D eigenvalue weighted by molar-refractivity contribution is -0.146. The molecule has 94 valence electrons. The van der Waals surface area contributed by atoms with Gasteiger partial charge in [0.05, 0.1) is 6.61 Å². The molecular formula is C12H14BrFO3. The Morgan fingerprint density at radius 2 is 2.24 bits per heavy atom. The van der Waals surface area contributed by atoms with Crippen molar-refractivity contribution in [1.29, 1.82) is 0 Å². The molecule has 0 fully saturated rings. The Labute approximate surface area is 108 Å². The maximum atomic E-state index is 13.3. The van der Waals surface area contributed by atoms with Gasteiger partial charge in [-0.1, -0.05) is 29.3 Å². The molecule has 0 heterocycles. The number of hydrogen-bond acceptors (Lipinski definition) is 3. The SMILES string of the molecule is CCCCOC(=O)COc1ccc(Br)cc1F. The first kappa shape index (κ1) is 14.0. The van der Waals surface area contributed by atoms with Crippen molar-refractivity contribution in [2.45, 2.75) is 19.8 Å². The van der Waals surface area contributed by atoms with Gasteiger partial charge in [0.15, 0.2) is 18.2 Å². The van der Waals surface area contributed by atoms with Gasteiger partial charge in [-0.25, -0.2) is 9.18 Å². The van der Waals surface area contributed by atoms with Crippen molar-refractivity contribution in [3.05, 3.63) is 28.5 Å². The van der Waals surface area contributed by atoms with E-state index in [4.69, 9.17) is 9.47 Å². The molecule has 5 heteroatoms. The standard InChI is InChI=1S/C12H14BrFO3/c1-2-3-6-16-12(15)8-17-11-5-4-9(13)7-10(11)14/h4-5,7H,2-3,6,8H2,1H3. The molecule has 1 aromatic carbocycles. The van der Waals surface area contributed by atoms with Crippen molar-refractivity contribution >= 4 is 21.9 Å². The lowest BCUT2D eigenvalue weighted by atomic mass is 10.3. The number of halogens is 2. The van der Waals surface area contributed by atoms with Gasteiger partial charge in [-0.15, -0.1) is 0 Å². The van der Waals surface area contributed by atoms with Crippen LogP contribution in [0, 0.1) is 5.82 Å². The summed E-state index contributed by atoms with van der Waals surface area (Å²) in [7, 11) is 0. The van der Waals surface area contributed by atoms with E-state index in [1.54, 1.807) is 6.07 Å². The summed E-state index contributed by atoms with van der Waals surface area (Å²) in [4.78, 5) is 11.2. The van der Waals surface area contributed by atoms with E-state index in [1.165, 1.54) is 12.1 Å². The topological polar surface area (TPSA) is 35.5 Å². The summed E-state index contributed by atoms with van der Waals surface area (Å²) >= 11 is 3.13. The molecule has 0 aliphatic carbocycles. The molecule has 0 radical (unpaired) electrons. The molecule has 0 bridgehead atoms. The molecular weight excluding hydrogens is 291 g/mol. The second-order valence-corrected chi connectivity index (χ2v) is 4.35. The zero-order valence-corrected chi connectivity index (χ0v) is 11.1. The molecule has 0 saturated carbocycles. The van der Waals surface area contributed by atoms with E-state index in [2.05, 4.69) is 15.9 Å². The monoisotopic (exact) mass is 304 g/mol. The van der Waals surface area contributed by atoms with E-state index in [0.29, 0.717) is 11.1 Å². The zero-order chi connectivity index (χ0) is 12.7. The van der Waals surface area contributed by atoms with E-state index in [1.807, 2.05) is 6.92 Å². The maximum absolute atomic E-state index is 13.3. The molecule has 0 amide bonds. The molecule has 0 saturated heterocycles. The Kier molecular flexibility index (Phi) is 5.97. The van der Waals surface area contributed by atoms with Gasteiger partial charge in [-0.05, 0) is 24.6 Å². The molecule has 0 spiro atoms. The summed E-state index contributed by atoms with van der Waals surface area (Å²) in [6.45, 7) is 2.10. The molecule has 17 heavy (non-hydrogen) atoms. The van der Waals surface area contributed by atoms with E-state index >= 15 is 0 Å². The van der Waals surface area contributed by atoms with Crippen LogP contribution in [0.2, 0.25) is 0 Å². The fourth-order valence-corrected chi connectivity index (χ4v) is 1.43. The summed E-state index contributed by atoms with van der Waals surface area (Å²) in [5.41, 5.74) is 0. The van der Waals surface area contributed by atoms with Gasteiger partial charge < -0.3 is 9.47 Å². The lowest BCUT2D eigenvalue weighted by Gasteiger charge is -2.07. The van der Waals surface area contributed by atoms with E-state index < -0.39 is 11.8 Å². The quantitative estimate of drug-likeness (QED) is 0.597. The predicted molar refractivity (Wildman–Crippen MR) is 65.5 cm³/mol. The van der Waals surface area contributed by atoms with E-state index in [0.717, 1.165) is 12.8 Å². The number of benzene rings is 1. The number of carbonyl (C=O) groups is 1. The minimum Gasteiger partial charge on any atom is -0.479 e. The molecule has 1 rings (SSSR count). The Bertz CT molecular complexity index is 382. The largest absolute Gasteiger partial charge is 0.479 e. The highest BCUT2D eigenvalue weighted by Gasteiger charge is 2.07. The molecule has 3 nitrogen and oxygen atoms in total. The van der Waals surface area contributed by atoms with Crippen LogP contribution < -0.4 is 4.74 Å². The second kappa shape index (κ2) is 7.27. The Balaban J connectivity index is 2.37. The highest BCUT2D eigenvalue weighted by molar-refractivity contribution is 9.10. The van der Waals surface area contributed by atoms with Crippen molar-refractivity contribution in [3.8, 4) is 5.75 Å². The van der Waals surface area contributed by atoms with Gasteiger partial charge in [-0.3, -0.25) is 0 Å². The van der Waals surface area contributed by atoms with Crippen molar-refractivity contribution in [3.63, 3.8) is 0 Å². The van der Waals surface area contributed by atoms with Gasteiger partial charge >= 0.3 is 5.97 Å². The van der Waals surface area contributed by atoms with Crippen LogP contribution in [0.4, 0.5) is 4.39 Å². The molecule has 1 aromatic rings. The Morgan fingerprint density at radius 1 is 1.47 bits per heavy atom. The first-order valence-corrected chi connectivity index (χ1v) is 6.16. The summed E-state index contributed by atoms with van der Waals surface area (Å²) in [5.74, 6) is -0.956. The van der Waals surface area contributed by atoms with Gasteiger partial charge in [0.25, 0.3) is 0 Å². The first-order chi connectivity index (χ1) is 8.13. The number of unbranched alkanes of at least 4 members (excludes halogenated alkanes) is 1. The minimum absolute atomic E-state index is 0.0423. The van der Waals surface area contributed by atoms with Crippen molar-refractivity contribution in [2.75, 3.05) is 13.2 Å². The van der Waals surface area contributed by atoms with Crippen LogP contribution in [0.5, 0.6) is 5.75 Å². The van der Waals surface area contributed by atoms with Gasteiger partial charge in [-0.2, -0.15) is 0 Å². The van der Waals surface area contributed by atoms with Crippen molar-refractivity contribution < 1.29 is 18.7 Å². The van der Waals surface area contributed by atoms with Crippen LogP contribution in [0.15, 0.2) is 22.7 Å². The van der Waals surface area contributed by atoms with Crippen LogP contribution in [-0.4, -0.2) is 19.2 Å². The highest BCUT2D eigenvalue weighted by atomic mass is 79.9. The second-order valence-electron chi connectivity index (χ2n) is 3.44. The number of ether oxygens (including phenoxy) is 2. The summed E-state index contributed by atoms with van der Waals surface area (Å²) in [6, 6.07) is 4.37. The Hall–Kier alpha value is -1.10. The van der Waals surface area contributed by atoms with Gasteiger partial charge in [0.2, 0.25) is 0 Å². The van der Waals surface area contributed by atoms with Crippen LogP contribution in [0.3, 0.4) is 0 Å². The summed E-state index contributed by atoms with van der Waals surface area (Å²) in [6.07, 6.45) is 1.77. The molecule has 0 aromatic heterocycles. The molecule has 0 unspecified atom stereocenters. The van der Waals surface area contributed by atoms with Crippen LogP contribution in [-0.2, 0) is 9.53 Å². The highest BCUT2D eigenvalue weighted by Crippen LogP contribution is 2.21. The minimum atomic E-state index is -0.513. The van der Waals surface area contributed by atoms with Gasteiger partial charge in [0, 0.05) is 4.47 Å². The third-order valence-electron chi connectivity index (χ3n) is 2.00. The predicted octanol–water partition coefficient (Wildman–Crippen LogP) is 3.31. The molecule has 0 atom stereocenters. The fraction of sp³-hybridized carbons (Fsp3) is 0.417.